The van der Waals surface area contributed by atoms with Crippen molar-refractivity contribution < 1.29 is 4.79 Å². The van der Waals surface area contributed by atoms with Gasteiger partial charge < -0.3 is 4.90 Å². The molecule has 0 aliphatic carbocycles. The molecule has 3 atom stereocenters. The highest BCUT2D eigenvalue weighted by Gasteiger charge is 2.37. The monoisotopic (exact) mass is 471 g/mol. The lowest BCUT2D eigenvalue weighted by molar-refractivity contribution is -0.131. The molecular formula is C34H33NO. The van der Waals surface area contributed by atoms with Crippen LogP contribution >= 0.6 is 0 Å². The van der Waals surface area contributed by atoms with Gasteiger partial charge in [-0.1, -0.05) is 127 Å². The van der Waals surface area contributed by atoms with Gasteiger partial charge >= 0.3 is 0 Å². The summed E-state index contributed by atoms with van der Waals surface area (Å²) in [7, 11) is 0. The first kappa shape index (κ1) is 23.8. The number of hydrogen-bond donors (Lipinski definition) is 0. The number of hydrogen-bond acceptors (Lipinski definition) is 1. The molecule has 0 saturated carbocycles. The fourth-order valence-corrected chi connectivity index (χ4v) is 5.46. The molecule has 1 aliphatic heterocycles. The van der Waals surface area contributed by atoms with E-state index < -0.39 is 0 Å². The molecule has 0 fully saturated rings. The Balaban J connectivity index is 1.50. The van der Waals surface area contributed by atoms with Gasteiger partial charge in [0.2, 0.25) is 5.91 Å². The Hall–Kier alpha value is -3.91. The minimum absolute atomic E-state index is 0.0857. The Kier molecular flexibility index (Phi) is 7.73. The summed E-state index contributed by atoms with van der Waals surface area (Å²) in [5.74, 6) is 0.814. The minimum atomic E-state index is 0.0857. The van der Waals surface area contributed by atoms with Crippen LogP contribution in [0.2, 0.25) is 0 Å². The van der Waals surface area contributed by atoms with Gasteiger partial charge in [-0.3, -0.25) is 4.79 Å². The topological polar surface area (TPSA) is 20.3 Å². The molecule has 1 aliphatic rings. The number of amides is 1. The van der Waals surface area contributed by atoms with Gasteiger partial charge in [-0.25, -0.2) is 0 Å². The van der Waals surface area contributed by atoms with Crippen LogP contribution in [0, 0.1) is 11.8 Å². The molecular weight excluding hydrogens is 438 g/mol. The van der Waals surface area contributed by atoms with E-state index in [-0.39, 0.29) is 11.9 Å². The van der Waals surface area contributed by atoms with Crippen LogP contribution in [0.4, 0.5) is 0 Å². The van der Waals surface area contributed by atoms with Gasteiger partial charge in [0.05, 0.1) is 6.42 Å². The van der Waals surface area contributed by atoms with Crippen molar-refractivity contribution in [3.05, 3.63) is 156 Å². The molecule has 5 rings (SSSR count). The van der Waals surface area contributed by atoms with Crippen molar-refractivity contribution in [1.82, 2.24) is 4.90 Å². The van der Waals surface area contributed by atoms with E-state index in [0.717, 1.165) is 24.8 Å². The molecule has 180 valence electrons. The van der Waals surface area contributed by atoms with Crippen molar-refractivity contribution >= 4 is 5.91 Å². The smallest absolute Gasteiger partial charge is 0.231 e. The summed E-state index contributed by atoms with van der Waals surface area (Å²) < 4.78 is 0. The Morgan fingerprint density at radius 2 is 1.00 bits per heavy atom. The van der Waals surface area contributed by atoms with E-state index in [1.165, 1.54) is 16.7 Å². The summed E-state index contributed by atoms with van der Waals surface area (Å²) in [4.78, 5) is 15.7. The highest BCUT2D eigenvalue weighted by molar-refractivity contribution is 5.80. The van der Waals surface area contributed by atoms with Gasteiger partial charge in [0.1, 0.15) is 0 Å². The van der Waals surface area contributed by atoms with Crippen LogP contribution in [0.5, 0.6) is 0 Å². The molecule has 4 aromatic rings. The molecule has 2 nitrogen and oxygen atoms in total. The number of carbonyl (C=O) groups is 1. The van der Waals surface area contributed by atoms with E-state index in [4.69, 9.17) is 0 Å². The zero-order valence-corrected chi connectivity index (χ0v) is 20.6. The summed E-state index contributed by atoms with van der Waals surface area (Å²) in [6.45, 7) is 0. The zero-order chi connectivity index (χ0) is 24.6. The van der Waals surface area contributed by atoms with E-state index >= 15 is 0 Å². The lowest BCUT2D eigenvalue weighted by Gasteiger charge is -2.42. The van der Waals surface area contributed by atoms with Crippen molar-refractivity contribution in [1.29, 1.82) is 0 Å². The van der Waals surface area contributed by atoms with Crippen molar-refractivity contribution in [3.8, 4) is 0 Å². The van der Waals surface area contributed by atoms with Crippen LogP contribution < -0.4 is 0 Å². The van der Waals surface area contributed by atoms with E-state index in [9.17, 15) is 4.79 Å². The average molecular weight is 472 g/mol. The second-order valence-electron chi connectivity index (χ2n) is 9.77. The molecule has 0 radical (unpaired) electrons. The third-order valence-electron chi connectivity index (χ3n) is 7.30. The summed E-state index contributed by atoms with van der Waals surface area (Å²) in [6, 6.07) is 42.3. The van der Waals surface area contributed by atoms with Crippen molar-refractivity contribution in [2.24, 2.45) is 11.8 Å². The van der Waals surface area contributed by atoms with Gasteiger partial charge in [-0.15, -0.1) is 0 Å². The van der Waals surface area contributed by atoms with Crippen molar-refractivity contribution in [3.63, 3.8) is 0 Å². The predicted molar refractivity (Wildman–Crippen MR) is 147 cm³/mol. The van der Waals surface area contributed by atoms with Gasteiger partial charge in [-0.05, 0) is 53.4 Å². The number of benzene rings is 4. The highest BCUT2D eigenvalue weighted by atomic mass is 16.2. The lowest BCUT2D eigenvalue weighted by Crippen LogP contribution is -2.49. The average Bonchev–Trinajstić information content (AvgIpc) is 2.93. The first-order valence-corrected chi connectivity index (χ1v) is 12.9. The molecule has 0 bridgehead atoms. The third kappa shape index (κ3) is 6.01. The Morgan fingerprint density at radius 3 is 1.53 bits per heavy atom. The fraction of sp³-hybridized carbons (Fsp3) is 0.206. The van der Waals surface area contributed by atoms with Gasteiger partial charge in [0.15, 0.2) is 0 Å². The molecule has 1 amide bonds. The second kappa shape index (κ2) is 11.7. The zero-order valence-electron chi connectivity index (χ0n) is 20.6. The third-order valence-corrected chi connectivity index (χ3v) is 7.30. The number of rotatable bonds is 8. The van der Waals surface area contributed by atoms with Gasteiger partial charge in [-0.2, -0.15) is 0 Å². The van der Waals surface area contributed by atoms with Crippen LogP contribution in [0.1, 0.15) is 22.3 Å². The Bertz CT molecular complexity index is 1250. The first-order chi connectivity index (χ1) is 17.8. The SMILES string of the molecule is O=C(Cc1ccccc1)N1C=C[C@H](Cc2ccccc2)[C@@H](Cc2ccccc2)[C@@H]1Cc1ccccc1. The first-order valence-electron chi connectivity index (χ1n) is 12.9. The number of nitrogens with zero attached hydrogens (tertiary/aromatic N) is 1. The lowest BCUT2D eigenvalue weighted by atomic mass is 9.74. The fourth-order valence-electron chi connectivity index (χ4n) is 5.46. The number of carbonyl (C=O) groups excluding carboxylic acids is 1. The summed E-state index contributed by atoms with van der Waals surface area (Å²) in [5, 5.41) is 0. The van der Waals surface area contributed by atoms with Crippen LogP contribution in [0.15, 0.2) is 134 Å². The van der Waals surface area contributed by atoms with E-state index in [1.807, 2.05) is 35.2 Å². The van der Waals surface area contributed by atoms with E-state index in [0.29, 0.717) is 18.3 Å². The van der Waals surface area contributed by atoms with E-state index in [2.05, 4.69) is 103 Å². The van der Waals surface area contributed by atoms with Crippen LogP contribution in [0.3, 0.4) is 0 Å². The second-order valence-corrected chi connectivity index (χ2v) is 9.77. The molecule has 0 N–H and O–H groups in total. The molecule has 0 saturated heterocycles. The summed E-state index contributed by atoms with van der Waals surface area (Å²) in [5.41, 5.74) is 4.99. The quantitative estimate of drug-likeness (QED) is 0.273. The highest BCUT2D eigenvalue weighted by Crippen LogP contribution is 2.35. The van der Waals surface area contributed by atoms with Crippen LogP contribution in [-0.4, -0.2) is 16.8 Å². The predicted octanol–water partition coefficient (Wildman–Crippen LogP) is 6.91. The molecule has 1 heterocycles. The van der Waals surface area contributed by atoms with Crippen molar-refractivity contribution in [2.75, 3.05) is 0 Å². The summed E-state index contributed by atoms with van der Waals surface area (Å²) >= 11 is 0. The summed E-state index contributed by atoms with van der Waals surface area (Å²) in [6.07, 6.45) is 7.53. The maximum absolute atomic E-state index is 13.7. The van der Waals surface area contributed by atoms with Crippen molar-refractivity contribution in [2.45, 2.75) is 31.7 Å². The van der Waals surface area contributed by atoms with E-state index in [1.54, 1.807) is 0 Å². The molecule has 36 heavy (non-hydrogen) atoms. The standard InChI is InChI=1S/C34H33NO/c36-34(26-30-19-11-4-12-20-30)35-22-21-31(23-27-13-5-1-6-14-27)32(24-28-15-7-2-8-16-28)33(35)25-29-17-9-3-10-18-29/h1-22,31-33H,23-26H2/t31-,32-,33+/m1/s1. The minimum Gasteiger partial charge on any atom is -0.315 e. The molecule has 0 spiro atoms. The Labute approximate surface area is 214 Å². The van der Waals surface area contributed by atoms with Crippen LogP contribution in [0.25, 0.3) is 0 Å². The Morgan fingerprint density at radius 1 is 0.556 bits per heavy atom. The molecule has 2 heteroatoms. The molecule has 0 aromatic heterocycles. The van der Waals surface area contributed by atoms with Crippen LogP contribution in [-0.2, 0) is 30.5 Å². The van der Waals surface area contributed by atoms with Gasteiger partial charge in [0, 0.05) is 12.2 Å². The number of allylic oxidation sites excluding steroid dienone is 1. The maximum atomic E-state index is 13.7. The molecule has 4 aromatic carbocycles. The maximum Gasteiger partial charge on any atom is 0.231 e. The largest absolute Gasteiger partial charge is 0.315 e. The normalized spacial score (nSPS) is 19.2. The molecule has 0 unspecified atom stereocenters. The van der Waals surface area contributed by atoms with Gasteiger partial charge in [0.25, 0.3) is 0 Å².